The van der Waals surface area contributed by atoms with Gasteiger partial charge in [0.25, 0.3) is 5.91 Å². The molecule has 2 rings (SSSR count). The number of amides is 1. The Morgan fingerprint density at radius 2 is 1.64 bits per heavy atom. The lowest BCUT2D eigenvalue weighted by molar-refractivity contribution is -0.112. The summed E-state index contributed by atoms with van der Waals surface area (Å²) >= 11 is 0. The molecule has 0 bridgehead atoms. The minimum absolute atomic E-state index is 0.00438. The molecule has 1 amide bonds. The standard InChI is InChI=1S/C27H39N3O3/c1-2-3-19-33-27(32)24-17-13-14-18-25(24)30-26(31)22(20-28)21-29-23-15-11-9-7-5-4-6-8-10-12-16-23/h13-14,17-18,21,23,29H,2-12,15-16,19H2,1H3,(H,30,31)/b22-21-. The first-order valence-electron chi connectivity index (χ1n) is 12.6. The second kappa shape index (κ2) is 15.9. The topological polar surface area (TPSA) is 91.2 Å². The number of nitrogens with zero attached hydrogens (tertiary/aromatic N) is 1. The summed E-state index contributed by atoms with van der Waals surface area (Å²) in [5, 5.41) is 15.6. The number of nitriles is 1. The molecule has 0 atom stereocenters. The van der Waals surface area contributed by atoms with E-state index in [0.717, 1.165) is 38.5 Å². The van der Waals surface area contributed by atoms with Crippen molar-refractivity contribution < 1.29 is 14.3 Å². The Morgan fingerprint density at radius 3 is 2.24 bits per heavy atom. The van der Waals surface area contributed by atoms with Crippen molar-refractivity contribution >= 4 is 17.6 Å². The largest absolute Gasteiger partial charge is 0.462 e. The van der Waals surface area contributed by atoms with Crippen molar-refractivity contribution in [3.8, 4) is 6.07 Å². The molecule has 1 aromatic carbocycles. The zero-order chi connectivity index (χ0) is 23.7. The van der Waals surface area contributed by atoms with Crippen LogP contribution < -0.4 is 10.6 Å². The number of carbonyl (C=O) groups is 2. The lowest BCUT2D eigenvalue weighted by Crippen LogP contribution is -2.26. The third-order valence-electron chi connectivity index (χ3n) is 6.06. The van der Waals surface area contributed by atoms with Gasteiger partial charge in [-0.05, 0) is 31.4 Å². The molecule has 0 radical (unpaired) electrons. The van der Waals surface area contributed by atoms with Crippen LogP contribution >= 0.6 is 0 Å². The van der Waals surface area contributed by atoms with Gasteiger partial charge in [0.2, 0.25) is 0 Å². The summed E-state index contributed by atoms with van der Waals surface area (Å²) in [5.41, 5.74) is 0.623. The van der Waals surface area contributed by atoms with E-state index in [0.29, 0.717) is 12.3 Å². The Labute approximate surface area is 198 Å². The molecule has 0 saturated heterocycles. The molecule has 0 spiro atoms. The molecule has 0 aromatic heterocycles. The predicted molar refractivity (Wildman–Crippen MR) is 132 cm³/mol. The highest BCUT2D eigenvalue weighted by Crippen LogP contribution is 2.19. The quantitative estimate of drug-likeness (QED) is 0.210. The number of hydrogen-bond acceptors (Lipinski definition) is 5. The van der Waals surface area contributed by atoms with Gasteiger partial charge in [-0.1, -0.05) is 83.3 Å². The van der Waals surface area contributed by atoms with Crippen LogP contribution in [0, 0.1) is 11.3 Å². The van der Waals surface area contributed by atoms with Gasteiger partial charge in [-0.3, -0.25) is 4.79 Å². The van der Waals surface area contributed by atoms with Crippen molar-refractivity contribution in [1.29, 1.82) is 5.26 Å². The molecule has 2 N–H and O–H groups in total. The van der Waals surface area contributed by atoms with Crippen molar-refractivity contribution in [2.45, 2.75) is 96.4 Å². The lowest BCUT2D eigenvalue weighted by Gasteiger charge is -2.18. The SMILES string of the molecule is CCCCOC(=O)c1ccccc1NC(=O)/C(C#N)=C\NC1CCCCCCCCCCC1. The van der Waals surface area contributed by atoms with Crippen molar-refractivity contribution in [2.75, 3.05) is 11.9 Å². The molecular weight excluding hydrogens is 414 g/mol. The van der Waals surface area contributed by atoms with Crippen LogP contribution in [0.4, 0.5) is 5.69 Å². The number of rotatable bonds is 8. The van der Waals surface area contributed by atoms with Gasteiger partial charge in [0.1, 0.15) is 11.6 Å². The van der Waals surface area contributed by atoms with E-state index in [1.807, 2.05) is 13.0 Å². The number of para-hydroxylation sites is 1. The van der Waals surface area contributed by atoms with Crippen molar-refractivity contribution in [2.24, 2.45) is 0 Å². The number of anilines is 1. The van der Waals surface area contributed by atoms with Crippen LogP contribution in [0.15, 0.2) is 36.0 Å². The summed E-state index contributed by atoms with van der Waals surface area (Å²) in [5.74, 6) is -1.01. The number of nitrogens with one attached hydrogen (secondary N) is 2. The number of ether oxygens (including phenoxy) is 1. The molecule has 1 fully saturated rings. The van der Waals surface area contributed by atoms with Gasteiger partial charge in [0.05, 0.1) is 17.9 Å². The van der Waals surface area contributed by atoms with Gasteiger partial charge < -0.3 is 15.4 Å². The number of esters is 1. The summed E-state index contributed by atoms with van der Waals surface area (Å²) in [7, 11) is 0. The Kier molecular flexibility index (Phi) is 12.7. The van der Waals surface area contributed by atoms with Crippen molar-refractivity contribution in [1.82, 2.24) is 5.32 Å². The molecule has 1 aromatic rings. The molecule has 1 aliphatic rings. The summed E-state index contributed by atoms with van der Waals surface area (Å²) < 4.78 is 5.28. The normalized spacial score (nSPS) is 16.5. The van der Waals surface area contributed by atoms with E-state index in [1.54, 1.807) is 24.3 Å². The maximum absolute atomic E-state index is 12.8. The van der Waals surface area contributed by atoms with Gasteiger partial charge >= 0.3 is 5.97 Å². The van der Waals surface area contributed by atoms with E-state index in [1.165, 1.54) is 51.1 Å². The van der Waals surface area contributed by atoms with Crippen LogP contribution in [0.25, 0.3) is 0 Å². The number of benzene rings is 1. The molecule has 33 heavy (non-hydrogen) atoms. The highest BCUT2D eigenvalue weighted by molar-refractivity contribution is 6.09. The van der Waals surface area contributed by atoms with Crippen LogP contribution in [0.2, 0.25) is 0 Å². The lowest BCUT2D eigenvalue weighted by atomic mass is 9.98. The van der Waals surface area contributed by atoms with E-state index in [2.05, 4.69) is 10.6 Å². The maximum atomic E-state index is 12.8. The van der Waals surface area contributed by atoms with Gasteiger partial charge in [-0.2, -0.15) is 5.26 Å². The average molecular weight is 454 g/mol. The third-order valence-corrected chi connectivity index (χ3v) is 6.06. The van der Waals surface area contributed by atoms with Crippen LogP contribution in [0.1, 0.15) is 101 Å². The Bertz CT molecular complexity index is 801. The third kappa shape index (κ3) is 10.1. The second-order valence-corrected chi connectivity index (χ2v) is 8.78. The van der Waals surface area contributed by atoms with Crippen LogP contribution in [0.3, 0.4) is 0 Å². The van der Waals surface area contributed by atoms with E-state index in [9.17, 15) is 14.9 Å². The summed E-state index contributed by atoms with van der Waals surface area (Å²) in [6.07, 6.45) is 16.7. The number of hydrogen-bond donors (Lipinski definition) is 2. The number of unbranched alkanes of at least 4 members (excludes halogenated alkanes) is 1. The second-order valence-electron chi connectivity index (χ2n) is 8.78. The van der Waals surface area contributed by atoms with Crippen LogP contribution in [-0.2, 0) is 9.53 Å². The highest BCUT2D eigenvalue weighted by atomic mass is 16.5. The fraction of sp³-hybridized carbons (Fsp3) is 0.593. The first-order valence-corrected chi connectivity index (χ1v) is 12.6. The highest BCUT2D eigenvalue weighted by Gasteiger charge is 2.17. The monoisotopic (exact) mass is 453 g/mol. The van der Waals surface area contributed by atoms with Gasteiger partial charge in [0, 0.05) is 12.2 Å². The molecule has 1 saturated carbocycles. The molecule has 6 nitrogen and oxygen atoms in total. The molecule has 0 unspecified atom stereocenters. The van der Waals surface area contributed by atoms with E-state index in [4.69, 9.17) is 4.74 Å². The Balaban J connectivity index is 1.99. The summed E-state index contributed by atoms with van der Waals surface area (Å²) in [6, 6.07) is 8.97. The fourth-order valence-electron chi connectivity index (χ4n) is 4.03. The van der Waals surface area contributed by atoms with E-state index < -0.39 is 11.9 Å². The minimum Gasteiger partial charge on any atom is -0.462 e. The molecule has 6 heteroatoms. The predicted octanol–water partition coefficient (Wildman–Crippen LogP) is 6.25. The van der Waals surface area contributed by atoms with Crippen molar-refractivity contribution in [3.63, 3.8) is 0 Å². The molecule has 1 aliphatic carbocycles. The summed E-state index contributed by atoms with van der Waals surface area (Å²) in [4.78, 5) is 25.2. The first kappa shape index (κ1) is 26.4. The van der Waals surface area contributed by atoms with Gasteiger partial charge in [0.15, 0.2) is 0 Å². The zero-order valence-corrected chi connectivity index (χ0v) is 20.0. The molecule has 0 aliphatic heterocycles. The fourth-order valence-corrected chi connectivity index (χ4v) is 4.03. The molecule has 180 valence electrons. The summed E-state index contributed by atoms with van der Waals surface area (Å²) in [6.45, 7) is 2.36. The van der Waals surface area contributed by atoms with Gasteiger partial charge in [-0.25, -0.2) is 4.79 Å². The van der Waals surface area contributed by atoms with E-state index >= 15 is 0 Å². The van der Waals surface area contributed by atoms with Gasteiger partial charge in [-0.15, -0.1) is 0 Å². The van der Waals surface area contributed by atoms with Crippen molar-refractivity contribution in [3.05, 3.63) is 41.6 Å². The molecular formula is C27H39N3O3. The average Bonchev–Trinajstić information content (AvgIpc) is 2.81. The zero-order valence-electron chi connectivity index (χ0n) is 20.0. The van der Waals surface area contributed by atoms with Crippen LogP contribution in [0.5, 0.6) is 0 Å². The van der Waals surface area contributed by atoms with E-state index in [-0.39, 0.29) is 17.2 Å². The minimum atomic E-state index is -0.535. The maximum Gasteiger partial charge on any atom is 0.340 e. The van der Waals surface area contributed by atoms with Crippen LogP contribution in [-0.4, -0.2) is 24.5 Å². The smallest absolute Gasteiger partial charge is 0.340 e. The Hall–Kier alpha value is -2.81. The first-order chi connectivity index (χ1) is 16.2. The number of carbonyl (C=O) groups excluding carboxylic acids is 2. The Morgan fingerprint density at radius 1 is 1.03 bits per heavy atom. The molecule has 0 heterocycles.